The van der Waals surface area contributed by atoms with E-state index in [9.17, 15) is 0 Å². The van der Waals surface area contributed by atoms with Gasteiger partial charge in [-0.2, -0.15) is 5.10 Å². The molecule has 3 heterocycles. The third kappa shape index (κ3) is 3.32. The van der Waals surface area contributed by atoms with E-state index >= 15 is 0 Å². The molecular formula is C21H21N5OS. The number of hydrazone groups is 1. The highest BCUT2D eigenvalue weighted by Gasteiger charge is 2.16. The van der Waals surface area contributed by atoms with E-state index in [-0.39, 0.29) is 5.84 Å². The second kappa shape index (κ2) is 7.36. The van der Waals surface area contributed by atoms with E-state index in [0.29, 0.717) is 12.1 Å². The third-order valence-electron chi connectivity index (χ3n) is 4.70. The van der Waals surface area contributed by atoms with Crippen LogP contribution >= 0.6 is 11.3 Å². The Kier molecular flexibility index (Phi) is 4.75. The lowest BCUT2D eigenvalue weighted by molar-refractivity contribution is 0.415. The summed E-state index contributed by atoms with van der Waals surface area (Å²) in [5, 5.41) is 6.86. The second-order valence-electron chi connectivity index (χ2n) is 6.54. The van der Waals surface area contributed by atoms with E-state index in [1.807, 2.05) is 24.3 Å². The Labute approximate surface area is 166 Å². The highest BCUT2D eigenvalue weighted by molar-refractivity contribution is 7.10. The van der Waals surface area contributed by atoms with Crippen molar-refractivity contribution >= 4 is 28.1 Å². The number of aromatic amines is 1. The Morgan fingerprint density at radius 1 is 1.25 bits per heavy atom. The van der Waals surface area contributed by atoms with Gasteiger partial charge in [0.05, 0.1) is 12.8 Å². The number of aryl methyl sites for hydroxylation is 1. The molecule has 5 N–H and O–H groups in total. The molecule has 0 saturated carbocycles. The zero-order chi connectivity index (χ0) is 19.7. The van der Waals surface area contributed by atoms with E-state index in [1.54, 1.807) is 24.5 Å². The minimum atomic E-state index is 0.221. The Bertz CT molecular complexity index is 1170. The number of pyridine rings is 1. The first-order chi connectivity index (χ1) is 13.6. The number of amidine groups is 1. The van der Waals surface area contributed by atoms with Crippen LogP contribution in [0.25, 0.3) is 22.2 Å². The Morgan fingerprint density at radius 3 is 2.82 bits per heavy atom. The SMILES string of the molecule is COc1ccc2c(Cc3cccc(/C(N)=N/N)n3)c(-c3csc(C)c3)[nH]c2c1. The van der Waals surface area contributed by atoms with Crippen LogP contribution in [0, 0.1) is 6.92 Å². The molecule has 0 fully saturated rings. The molecule has 0 radical (unpaired) electrons. The van der Waals surface area contributed by atoms with Crippen LogP contribution in [0.1, 0.15) is 21.8 Å². The normalized spacial score (nSPS) is 11.9. The third-order valence-corrected chi connectivity index (χ3v) is 5.56. The van der Waals surface area contributed by atoms with Gasteiger partial charge in [-0.3, -0.25) is 0 Å². The average molecular weight is 392 g/mol. The number of benzene rings is 1. The fourth-order valence-corrected chi connectivity index (χ4v) is 4.03. The number of hydrogen-bond donors (Lipinski definition) is 3. The van der Waals surface area contributed by atoms with E-state index in [2.05, 4.69) is 39.5 Å². The van der Waals surface area contributed by atoms with Crippen LogP contribution in [0.5, 0.6) is 5.75 Å². The summed E-state index contributed by atoms with van der Waals surface area (Å²) in [7, 11) is 1.67. The number of ether oxygens (including phenoxy) is 1. The summed E-state index contributed by atoms with van der Waals surface area (Å²) in [6, 6.07) is 14.0. The summed E-state index contributed by atoms with van der Waals surface area (Å²) in [5.74, 6) is 6.34. The lowest BCUT2D eigenvalue weighted by Gasteiger charge is -2.06. The Balaban J connectivity index is 1.85. The van der Waals surface area contributed by atoms with Gasteiger partial charge in [0, 0.05) is 44.9 Å². The summed E-state index contributed by atoms with van der Waals surface area (Å²) in [6.45, 7) is 2.11. The van der Waals surface area contributed by atoms with Crippen molar-refractivity contribution in [3.05, 3.63) is 69.7 Å². The van der Waals surface area contributed by atoms with Gasteiger partial charge < -0.3 is 21.3 Å². The van der Waals surface area contributed by atoms with E-state index in [4.69, 9.17) is 16.3 Å². The predicted octanol–water partition coefficient (Wildman–Crippen LogP) is 3.78. The topological polar surface area (TPSA) is 102 Å². The average Bonchev–Trinajstić information content (AvgIpc) is 3.30. The van der Waals surface area contributed by atoms with Crippen molar-refractivity contribution in [2.75, 3.05) is 7.11 Å². The number of fused-ring (bicyclic) bond motifs is 1. The predicted molar refractivity (Wildman–Crippen MR) is 115 cm³/mol. The molecular weight excluding hydrogens is 370 g/mol. The molecule has 6 nitrogen and oxygen atoms in total. The number of rotatable bonds is 5. The lowest BCUT2D eigenvalue weighted by atomic mass is 10.0. The van der Waals surface area contributed by atoms with E-state index in [0.717, 1.165) is 28.0 Å². The molecule has 0 bridgehead atoms. The summed E-state index contributed by atoms with van der Waals surface area (Å²) < 4.78 is 5.38. The first kappa shape index (κ1) is 18.1. The maximum atomic E-state index is 5.83. The number of nitrogens with zero attached hydrogens (tertiary/aromatic N) is 2. The highest BCUT2D eigenvalue weighted by Crippen LogP contribution is 2.35. The van der Waals surface area contributed by atoms with Gasteiger partial charge >= 0.3 is 0 Å². The molecule has 0 aliphatic rings. The number of thiophene rings is 1. The molecule has 0 spiro atoms. The fraction of sp³-hybridized carbons (Fsp3) is 0.143. The molecule has 0 aliphatic heterocycles. The Morgan fingerprint density at radius 2 is 2.11 bits per heavy atom. The first-order valence-corrected chi connectivity index (χ1v) is 9.70. The number of nitrogens with two attached hydrogens (primary N) is 2. The molecule has 0 saturated heterocycles. The van der Waals surface area contributed by atoms with Crippen LogP contribution < -0.4 is 16.3 Å². The van der Waals surface area contributed by atoms with Crippen molar-refractivity contribution in [2.45, 2.75) is 13.3 Å². The zero-order valence-corrected chi connectivity index (χ0v) is 16.5. The van der Waals surface area contributed by atoms with Crippen LogP contribution in [0.2, 0.25) is 0 Å². The molecule has 0 atom stereocenters. The number of aromatic nitrogens is 2. The molecule has 0 amide bonds. The van der Waals surface area contributed by atoms with Crippen LogP contribution in [-0.2, 0) is 6.42 Å². The molecule has 4 rings (SSSR count). The summed E-state index contributed by atoms with van der Waals surface area (Å²) in [4.78, 5) is 9.46. The smallest absolute Gasteiger partial charge is 0.168 e. The molecule has 4 aromatic rings. The van der Waals surface area contributed by atoms with Crippen LogP contribution in [0.4, 0.5) is 0 Å². The lowest BCUT2D eigenvalue weighted by Crippen LogP contribution is -2.17. The number of hydrogen-bond acceptors (Lipinski definition) is 5. The van der Waals surface area contributed by atoms with Gasteiger partial charge in [0.2, 0.25) is 0 Å². The highest BCUT2D eigenvalue weighted by atomic mass is 32.1. The number of H-pyrrole nitrogens is 1. The van der Waals surface area contributed by atoms with Crippen LogP contribution in [0.3, 0.4) is 0 Å². The van der Waals surface area contributed by atoms with Crippen molar-refractivity contribution in [3.8, 4) is 17.0 Å². The molecule has 142 valence electrons. The largest absolute Gasteiger partial charge is 0.497 e. The van der Waals surface area contributed by atoms with Crippen molar-refractivity contribution in [2.24, 2.45) is 16.7 Å². The molecule has 0 unspecified atom stereocenters. The Hall–Kier alpha value is -3.32. The van der Waals surface area contributed by atoms with E-state index in [1.165, 1.54) is 16.0 Å². The minimum Gasteiger partial charge on any atom is -0.497 e. The van der Waals surface area contributed by atoms with Gasteiger partial charge in [0.1, 0.15) is 11.4 Å². The van der Waals surface area contributed by atoms with Crippen molar-refractivity contribution < 1.29 is 4.74 Å². The maximum absolute atomic E-state index is 5.83. The van der Waals surface area contributed by atoms with Gasteiger partial charge in [0.25, 0.3) is 0 Å². The van der Waals surface area contributed by atoms with Gasteiger partial charge in [-0.25, -0.2) is 4.98 Å². The van der Waals surface area contributed by atoms with Crippen molar-refractivity contribution in [3.63, 3.8) is 0 Å². The number of methoxy groups -OCH3 is 1. The summed E-state index contributed by atoms with van der Waals surface area (Å²) in [6.07, 6.45) is 0.655. The standard InChI is InChI=1S/C21H21N5OS/c1-12-8-13(11-28-12)20-17(16-7-6-15(27-2)10-19(16)25-20)9-14-4-3-5-18(24-14)21(22)26-23/h3-8,10-11,25H,9,23H2,1-2H3,(H2,22,26). The van der Waals surface area contributed by atoms with Gasteiger partial charge in [-0.1, -0.05) is 6.07 Å². The molecule has 28 heavy (non-hydrogen) atoms. The maximum Gasteiger partial charge on any atom is 0.168 e. The van der Waals surface area contributed by atoms with Gasteiger partial charge in [-0.15, -0.1) is 11.3 Å². The van der Waals surface area contributed by atoms with Crippen molar-refractivity contribution in [1.82, 2.24) is 9.97 Å². The van der Waals surface area contributed by atoms with Crippen LogP contribution in [0.15, 0.2) is 52.9 Å². The van der Waals surface area contributed by atoms with Crippen molar-refractivity contribution in [1.29, 1.82) is 0 Å². The molecule has 3 aromatic heterocycles. The van der Waals surface area contributed by atoms with E-state index < -0.39 is 0 Å². The molecule has 0 aliphatic carbocycles. The van der Waals surface area contributed by atoms with Gasteiger partial charge in [0.15, 0.2) is 5.84 Å². The molecule has 1 aromatic carbocycles. The summed E-state index contributed by atoms with van der Waals surface area (Å²) in [5.41, 5.74) is 11.8. The zero-order valence-electron chi connectivity index (χ0n) is 15.7. The molecule has 7 heteroatoms. The van der Waals surface area contributed by atoms with Gasteiger partial charge in [-0.05, 0) is 42.8 Å². The first-order valence-electron chi connectivity index (χ1n) is 8.83. The quantitative estimate of drug-likeness (QED) is 0.208. The second-order valence-corrected chi connectivity index (χ2v) is 7.66. The van der Waals surface area contributed by atoms with Crippen LogP contribution in [-0.4, -0.2) is 22.9 Å². The number of nitrogens with one attached hydrogen (secondary N) is 1. The monoisotopic (exact) mass is 391 g/mol. The minimum absolute atomic E-state index is 0.221. The summed E-state index contributed by atoms with van der Waals surface area (Å²) >= 11 is 1.73. The fourth-order valence-electron chi connectivity index (χ4n) is 3.33.